The molecule has 0 saturated heterocycles. The summed E-state index contributed by atoms with van der Waals surface area (Å²) in [5, 5.41) is 6.75. The Balaban J connectivity index is 0.00000480. The number of nitrogens with one attached hydrogen (secondary N) is 2. The van der Waals surface area contributed by atoms with Crippen molar-refractivity contribution in [2.75, 3.05) is 47.4 Å². The summed E-state index contributed by atoms with van der Waals surface area (Å²) in [5.41, 5.74) is 3.57. The quantitative estimate of drug-likeness (QED) is 0.176. The zero-order chi connectivity index (χ0) is 21.4. The highest BCUT2D eigenvalue weighted by atomic mass is 127. The summed E-state index contributed by atoms with van der Waals surface area (Å²) in [6.45, 7) is 5.58. The molecule has 0 aliphatic heterocycles. The number of nitrogens with zero attached hydrogens (tertiary/aromatic N) is 2. The smallest absolute Gasteiger partial charge is 0.191 e. The number of likely N-dealkylation sites (N-methyl/N-ethyl adjacent to an activating group) is 1. The van der Waals surface area contributed by atoms with E-state index in [1.54, 1.807) is 14.2 Å². The molecule has 2 aromatic carbocycles. The van der Waals surface area contributed by atoms with Gasteiger partial charge in [0.25, 0.3) is 0 Å². The van der Waals surface area contributed by atoms with E-state index in [1.807, 2.05) is 18.2 Å². The van der Waals surface area contributed by atoms with E-state index in [4.69, 9.17) is 9.47 Å². The van der Waals surface area contributed by atoms with Gasteiger partial charge in [-0.2, -0.15) is 0 Å². The molecule has 0 aliphatic rings. The number of aliphatic imine (C=N–C) groups is 1. The number of ether oxygens (including phenoxy) is 2. The second-order valence-corrected chi connectivity index (χ2v) is 7.30. The van der Waals surface area contributed by atoms with Crippen molar-refractivity contribution >= 4 is 29.9 Å². The Morgan fingerprint density at radius 2 is 1.65 bits per heavy atom. The molecule has 0 saturated carbocycles. The number of guanidine groups is 1. The molecule has 172 valence electrons. The molecule has 0 bridgehead atoms. The number of hydrogen-bond donors (Lipinski definition) is 2. The monoisotopic (exact) mass is 540 g/mol. The average Bonchev–Trinajstić information content (AvgIpc) is 2.77. The maximum atomic E-state index is 5.85. The van der Waals surface area contributed by atoms with Crippen molar-refractivity contribution in [2.45, 2.75) is 26.2 Å². The molecule has 2 aromatic rings. The van der Waals surface area contributed by atoms with Crippen molar-refractivity contribution in [1.29, 1.82) is 0 Å². The van der Waals surface area contributed by atoms with Gasteiger partial charge < -0.3 is 25.0 Å². The van der Waals surface area contributed by atoms with E-state index < -0.39 is 0 Å². The summed E-state index contributed by atoms with van der Waals surface area (Å²) in [4.78, 5) is 6.60. The van der Waals surface area contributed by atoms with Crippen molar-refractivity contribution in [2.24, 2.45) is 4.99 Å². The van der Waals surface area contributed by atoms with Gasteiger partial charge in [-0.1, -0.05) is 54.6 Å². The fraction of sp³-hybridized carbons (Fsp3) is 0.458. The molecule has 0 spiro atoms. The first-order chi connectivity index (χ1) is 14.7. The molecule has 31 heavy (non-hydrogen) atoms. The fourth-order valence-electron chi connectivity index (χ4n) is 3.05. The van der Waals surface area contributed by atoms with E-state index in [0.29, 0.717) is 13.2 Å². The third kappa shape index (κ3) is 12.1. The third-order valence-electron chi connectivity index (χ3n) is 4.73. The van der Waals surface area contributed by atoms with Crippen molar-refractivity contribution in [1.82, 2.24) is 15.5 Å². The van der Waals surface area contributed by atoms with Crippen molar-refractivity contribution in [3.63, 3.8) is 0 Å². The summed E-state index contributed by atoms with van der Waals surface area (Å²) >= 11 is 0. The minimum Gasteiger partial charge on any atom is -0.385 e. The van der Waals surface area contributed by atoms with Crippen LogP contribution in [0.4, 0.5) is 0 Å². The van der Waals surface area contributed by atoms with E-state index in [2.05, 4.69) is 64.0 Å². The molecule has 0 heterocycles. The van der Waals surface area contributed by atoms with Gasteiger partial charge in [0, 0.05) is 46.9 Å². The summed E-state index contributed by atoms with van der Waals surface area (Å²) < 4.78 is 10.9. The van der Waals surface area contributed by atoms with E-state index in [9.17, 15) is 0 Å². The highest BCUT2D eigenvalue weighted by Gasteiger charge is 2.02. The van der Waals surface area contributed by atoms with E-state index in [0.717, 1.165) is 45.2 Å². The third-order valence-corrected chi connectivity index (χ3v) is 4.73. The van der Waals surface area contributed by atoms with Crippen LogP contribution >= 0.6 is 24.0 Å². The molecule has 0 atom stereocenters. The van der Waals surface area contributed by atoms with Gasteiger partial charge in [0.05, 0.1) is 13.2 Å². The standard InChI is InChI=1S/C24H36N4O2.HI/c1-25-24(26-13-15-28(2)14-8-16-29-3)27-18-22-11-7-12-23(17-22)20-30-19-21-9-5-4-6-10-21;/h4-7,9-12,17H,8,13-16,18-20H2,1-3H3,(H2,25,26,27);1H. The molecule has 0 radical (unpaired) electrons. The normalized spacial score (nSPS) is 11.3. The Bertz CT molecular complexity index is 743. The molecule has 6 nitrogen and oxygen atoms in total. The molecule has 0 unspecified atom stereocenters. The Morgan fingerprint density at radius 1 is 0.935 bits per heavy atom. The van der Waals surface area contributed by atoms with Gasteiger partial charge in [-0.15, -0.1) is 24.0 Å². The lowest BCUT2D eigenvalue weighted by Gasteiger charge is -2.18. The van der Waals surface area contributed by atoms with Crippen LogP contribution in [0.5, 0.6) is 0 Å². The predicted molar refractivity (Wildman–Crippen MR) is 139 cm³/mol. The van der Waals surface area contributed by atoms with Crippen molar-refractivity contribution < 1.29 is 9.47 Å². The molecule has 0 amide bonds. The highest BCUT2D eigenvalue weighted by Crippen LogP contribution is 2.09. The number of halogens is 1. The van der Waals surface area contributed by atoms with E-state index in [-0.39, 0.29) is 24.0 Å². The second kappa shape index (κ2) is 16.9. The number of benzene rings is 2. The first-order valence-electron chi connectivity index (χ1n) is 10.5. The predicted octanol–water partition coefficient (Wildman–Crippen LogP) is 3.65. The van der Waals surface area contributed by atoms with Gasteiger partial charge in [-0.25, -0.2) is 0 Å². The first kappa shape index (κ1) is 27.4. The van der Waals surface area contributed by atoms with Crippen molar-refractivity contribution in [3.8, 4) is 0 Å². The molecule has 0 aromatic heterocycles. The largest absolute Gasteiger partial charge is 0.385 e. The van der Waals surface area contributed by atoms with Crippen LogP contribution in [0.15, 0.2) is 59.6 Å². The molecular formula is C24H37IN4O2. The van der Waals surface area contributed by atoms with Gasteiger partial charge in [0.2, 0.25) is 0 Å². The Labute approximate surface area is 204 Å². The van der Waals surface area contributed by atoms with E-state index in [1.165, 1.54) is 16.7 Å². The fourth-order valence-corrected chi connectivity index (χ4v) is 3.05. The van der Waals surface area contributed by atoms with Crippen LogP contribution < -0.4 is 10.6 Å². The number of rotatable bonds is 13. The zero-order valence-corrected chi connectivity index (χ0v) is 21.3. The summed E-state index contributed by atoms with van der Waals surface area (Å²) in [6.07, 6.45) is 1.05. The average molecular weight is 540 g/mol. The van der Waals surface area contributed by atoms with Gasteiger partial charge in [0.15, 0.2) is 5.96 Å². The van der Waals surface area contributed by atoms with Crippen LogP contribution in [-0.2, 0) is 29.2 Å². The first-order valence-corrected chi connectivity index (χ1v) is 10.5. The molecule has 0 fully saturated rings. The second-order valence-electron chi connectivity index (χ2n) is 7.30. The maximum absolute atomic E-state index is 5.85. The van der Waals surface area contributed by atoms with Crippen LogP contribution in [-0.4, -0.2) is 58.3 Å². The summed E-state index contributed by atoms with van der Waals surface area (Å²) in [6, 6.07) is 18.7. The summed E-state index contributed by atoms with van der Waals surface area (Å²) in [5.74, 6) is 0.811. The van der Waals surface area contributed by atoms with Crippen LogP contribution in [0.3, 0.4) is 0 Å². The Hall–Kier alpha value is -1.68. The Morgan fingerprint density at radius 3 is 2.39 bits per heavy atom. The minimum atomic E-state index is 0. The van der Waals surface area contributed by atoms with Gasteiger partial charge >= 0.3 is 0 Å². The molecule has 2 rings (SSSR count). The van der Waals surface area contributed by atoms with Crippen molar-refractivity contribution in [3.05, 3.63) is 71.3 Å². The topological polar surface area (TPSA) is 58.1 Å². The lowest BCUT2D eigenvalue weighted by Crippen LogP contribution is -2.40. The zero-order valence-electron chi connectivity index (χ0n) is 19.0. The maximum Gasteiger partial charge on any atom is 0.191 e. The molecular weight excluding hydrogens is 503 g/mol. The minimum absolute atomic E-state index is 0. The Kier molecular flexibility index (Phi) is 15.0. The molecule has 7 heteroatoms. The van der Waals surface area contributed by atoms with Gasteiger partial charge in [-0.3, -0.25) is 4.99 Å². The van der Waals surface area contributed by atoms with Crippen LogP contribution in [0.25, 0.3) is 0 Å². The lowest BCUT2D eigenvalue weighted by atomic mass is 10.1. The van der Waals surface area contributed by atoms with Gasteiger partial charge in [-0.05, 0) is 30.2 Å². The molecule has 0 aliphatic carbocycles. The summed E-state index contributed by atoms with van der Waals surface area (Å²) in [7, 11) is 5.66. The number of methoxy groups -OCH3 is 1. The van der Waals surface area contributed by atoms with Crippen LogP contribution in [0.2, 0.25) is 0 Å². The number of hydrogen-bond acceptors (Lipinski definition) is 4. The SMILES string of the molecule is CN=C(NCCN(C)CCCOC)NCc1cccc(COCc2ccccc2)c1.I. The van der Waals surface area contributed by atoms with Crippen LogP contribution in [0.1, 0.15) is 23.1 Å². The lowest BCUT2D eigenvalue weighted by molar-refractivity contribution is 0.107. The molecule has 2 N–H and O–H groups in total. The van der Waals surface area contributed by atoms with Crippen LogP contribution in [0, 0.1) is 0 Å². The highest BCUT2D eigenvalue weighted by molar-refractivity contribution is 14.0. The van der Waals surface area contributed by atoms with Gasteiger partial charge in [0.1, 0.15) is 0 Å². The van der Waals surface area contributed by atoms with E-state index >= 15 is 0 Å².